The van der Waals surface area contributed by atoms with Gasteiger partial charge in [-0.15, -0.1) is 0 Å². The van der Waals surface area contributed by atoms with Crippen molar-refractivity contribution in [3.05, 3.63) is 0 Å². The molecule has 4 heteroatoms. The predicted octanol–water partition coefficient (Wildman–Crippen LogP) is 2.37. The molecular formula is C12H25N3S. The van der Waals surface area contributed by atoms with Crippen LogP contribution in [-0.4, -0.2) is 29.0 Å². The summed E-state index contributed by atoms with van der Waals surface area (Å²) in [4.78, 5) is 4.35. The summed E-state index contributed by atoms with van der Waals surface area (Å²) in [5.74, 6) is 1.66. The van der Waals surface area contributed by atoms with Gasteiger partial charge in [0.25, 0.3) is 0 Å². The van der Waals surface area contributed by atoms with Crippen molar-refractivity contribution in [3.8, 4) is 0 Å². The number of thioether (sulfide) groups is 1. The van der Waals surface area contributed by atoms with E-state index in [4.69, 9.17) is 5.73 Å². The number of aliphatic imine (C=N–C) groups is 1. The van der Waals surface area contributed by atoms with Crippen molar-refractivity contribution in [1.82, 2.24) is 5.32 Å². The molecule has 0 bridgehead atoms. The number of guanidine groups is 1. The molecule has 0 unspecified atom stereocenters. The Bertz CT molecular complexity index is 227. The minimum absolute atomic E-state index is 0.323. The Labute approximate surface area is 104 Å². The zero-order chi connectivity index (χ0) is 12.0. The highest BCUT2D eigenvalue weighted by Gasteiger charge is 2.14. The minimum Gasteiger partial charge on any atom is -0.370 e. The van der Waals surface area contributed by atoms with Crippen molar-refractivity contribution in [3.63, 3.8) is 0 Å². The second kappa shape index (κ2) is 6.38. The van der Waals surface area contributed by atoms with Crippen molar-refractivity contribution in [1.29, 1.82) is 0 Å². The largest absolute Gasteiger partial charge is 0.370 e. The first-order valence-corrected chi connectivity index (χ1v) is 7.16. The summed E-state index contributed by atoms with van der Waals surface area (Å²) >= 11 is 1.93. The van der Waals surface area contributed by atoms with Crippen molar-refractivity contribution < 1.29 is 0 Å². The van der Waals surface area contributed by atoms with E-state index in [-0.39, 0.29) is 0 Å². The first-order valence-electron chi connectivity index (χ1n) is 6.18. The van der Waals surface area contributed by atoms with Crippen LogP contribution in [0.2, 0.25) is 0 Å². The fourth-order valence-corrected chi connectivity index (χ4v) is 2.64. The van der Waals surface area contributed by atoms with E-state index < -0.39 is 0 Å². The molecule has 3 nitrogen and oxygen atoms in total. The van der Waals surface area contributed by atoms with Gasteiger partial charge in [0.2, 0.25) is 0 Å². The lowest BCUT2D eigenvalue weighted by Gasteiger charge is -2.17. The highest BCUT2D eigenvalue weighted by molar-refractivity contribution is 8.00. The van der Waals surface area contributed by atoms with E-state index in [0.29, 0.717) is 16.7 Å². The van der Waals surface area contributed by atoms with E-state index in [1.54, 1.807) is 0 Å². The maximum atomic E-state index is 5.83. The van der Waals surface area contributed by atoms with E-state index in [1.807, 2.05) is 11.8 Å². The van der Waals surface area contributed by atoms with Gasteiger partial charge in [-0.3, -0.25) is 4.99 Å². The Hall–Kier alpha value is -0.380. The van der Waals surface area contributed by atoms with Crippen LogP contribution in [0.3, 0.4) is 0 Å². The molecule has 0 saturated heterocycles. The fraction of sp³-hybridized carbons (Fsp3) is 0.917. The van der Waals surface area contributed by atoms with Crippen LogP contribution >= 0.6 is 11.8 Å². The Morgan fingerprint density at radius 2 is 2.00 bits per heavy atom. The minimum atomic E-state index is 0.323. The molecule has 0 amide bonds. The number of nitrogens with two attached hydrogens (primary N) is 1. The van der Waals surface area contributed by atoms with Crippen LogP contribution in [0.1, 0.15) is 46.5 Å². The van der Waals surface area contributed by atoms with Gasteiger partial charge in [0, 0.05) is 16.5 Å². The second-order valence-corrected chi connectivity index (χ2v) is 7.28. The van der Waals surface area contributed by atoms with Crippen LogP contribution in [0.15, 0.2) is 4.99 Å². The van der Waals surface area contributed by atoms with Crippen LogP contribution in [-0.2, 0) is 0 Å². The molecule has 94 valence electrons. The molecule has 0 heterocycles. The number of hydrogen-bond acceptors (Lipinski definition) is 2. The molecule has 1 aliphatic rings. The lowest BCUT2D eigenvalue weighted by Crippen LogP contribution is -2.38. The molecule has 1 aliphatic carbocycles. The molecule has 0 aliphatic heterocycles. The van der Waals surface area contributed by atoms with E-state index >= 15 is 0 Å². The zero-order valence-corrected chi connectivity index (χ0v) is 11.6. The summed E-state index contributed by atoms with van der Waals surface area (Å²) in [5, 5.41) is 3.29. The lowest BCUT2D eigenvalue weighted by atomic mass is 10.2. The van der Waals surface area contributed by atoms with Crippen molar-refractivity contribution in [2.45, 2.75) is 57.2 Å². The molecule has 1 rings (SSSR count). The molecule has 0 aromatic heterocycles. The van der Waals surface area contributed by atoms with Crippen molar-refractivity contribution in [2.75, 3.05) is 12.3 Å². The molecule has 0 radical (unpaired) electrons. The van der Waals surface area contributed by atoms with Gasteiger partial charge in [-0.05, 0) is 12.8 Å². The predicted molar refractivity (Wildman–Crippen MR) is 74.1 cm³/mol. The Morgan fingerprint density at radius 3 is 2.56 bits per heavy atom. The number of rotatable bonds is 4. The summed E-state index contributed by atoms with van der Waals surface area (Å²) in [6, 6.07) is 0.569. The lowest BCUT2D eigenvalue weighted by molar-refractivity contribution is 0.626. The molecular weight excluding hydrogens is 218 g/mol. The summed E-state index contributed by atoms with van der Waals surface area (Å²) in [7, 11) is 0. The van der Waals surface area contributed by atoms with Crippen molar-refractivity contribution >= 4 is 17.7 Å². The average molecular weight is 243 g/mol. The van der Waals surface area contributed by atoms with Crippen LogP contribution in [0.25, 0.3) is 0 Å². The molecule has 3 N–H and O–H groups in total. The van der Waals surface area contributed by atoms with Gasteiger partial charge in [-0.1, -0.05) is 33.6 Å². The van der Waals surface area contributed by atoms with E-state index in [1.165, 1.54) is 25.7 Å². The normalized spacial score (nSPS) is 19.1. The van der Waals surface area contributed by atoms with Gasteiger partial charge in [0.15, 0.2) is 5.96 Å². The van der Waals surface area contributed by atoms with E-state index in [0.717, 1.165) is 12.3 Å². The Balaban J connectivity index is 2.13. The monoisotopic (exact) mass is 243 g/mol. The summed E-state index contributed by atoms with van der Waals surface area (Å²) in [5.41, 5.74) is 5.83. The maximum Gasteiger partial charge on any atom is 0.188 e. The molecule has 1 fully saturated rings. The highest BCUT2D eigenvalue weighted by atomic mass is 32.2. The quantitative estimate of drug-likeness (QED) is 0.453. The molecule has 0 aromatic rings. The fourth-order valence-electron chi connectivity index (χ4n) is 1.84. The van der Waals surface area contributed by atoms with Gasteiger partial charge in [-0.2, -0.15) is 11.8 Å². The second-order valence-electron chi connectivity index (χ2n) is 5.35. The topological polar surface area (TPSA) is 50.4 Å². The van der Waals surface area contributed by atoms with Gasteiger partial charge in [-0.25, -0.2) is 0 Å². The first kappa shape index (κ1) is 13.7. The molecule has 16 heavy (non-hydrogen) atoms. The Morgan fingerprint density at radius 1 is 1.38 bits per heavy atom. The summed E-state index contributed by atoms with van der Waals surface area (Å²) < 4.78 is 0.323. The SMILES string of the molecule is CC(C)(C)SCCN=C(N)NC1CCCC1. The third kappa shape index (κ3) is 6.26. The van der Waals surface area contributed by atoms with Gasteiger partial charge < -0.3 is 11.1 Å². The number of nitrogens with one attached hydrogen (secondary N) is 1. The summed E-state index contributed by atoms with van der Waals surface area (Å²) in [6.07, 6.45) is 5.13. The Kier molecular flexibility index (Phi) is 5.46. The van der Waals surface area contributed by atoms with E-state index in [9.17, 15) is 0 Å². The number of nitrogens with zero attached hydrogens (tertiary/aromatic N) is 1. The molecule has 0 spiro atoms. The van der Waals surface area contributed by atoms with Gasteiger partial charge in [0.05, 0.1) is 6.54 Å². The molecule has 0 atom stereocenters. The summed E-state index contributed by atoms with van der Waals surface area (Å²) in [6.45, 7) is 7.48. The van der Waals surface area contributed by atoms with Gasteiger partial charge in [0.1, 0.15) is 0 Å². The van der Waals surface area contributed by atoms with Crippen LogP contribution in [0.5, 0.6) is 0 Å². The van der Waals surface area contributed by atoms with Gasteiger partial charge >= 0.3 is 0 Å². The van der Waals surface area contributed by atoms with Crippen LogP contribution in [0.4, 0.5) is 0 Å². The van der Waals surface area contributed by atoms with Crippen LogP contribution < -0.4 is 11.1 Å². The van der Waals surface area contributed by atoms with Crippen molar-refractivity contribution in [2.24, 2.45) is 10.7 Å². The number of hydrogen-bond donors (Lipinski definition) is 2. The molecule has 1 saturated carbocycles. The zero-order valence-electron chi connectivity index (χ0n) is 10.8. The highest BCUT2D eigenvalue weighted by Crippen LogP contribution is 2.22. The third-order valence-electron chi connectivity index (χ3n) is 2.62. The van der Waals surface area contributed by atoms with E-state index in [2.05, 4.69) is 31.1 Å². The maximum absolute atomic E-state index is 5.83. The standard InChI is InChI=1S/C12H25N3S/c1-12(2,3)16-9-8-14-11(13)15-10-6-4-5-7-10/h10H,4-9H2,1-3H3,(H3,13,14,15). The smallest absolute Gasteiger partial charge is 0.188 e. The molecule has 0 aromatic carbocycles. The average Bonchev–Trinajstić information content (AvgIpc) is 2.63. The van der Waals surface area contributed by atoms with Crippen LogP contribution in [0, 0.1) is 0 Å². The first-order chi connectivity index (χ1) is 7.47. The third-order valence-corrected chi connectivity index (χ3v) is 3.87.